The summed E-state index contributed by atoms with van der Waals surface area (Å²) >= 11 is 0. The zero-order valence-electron chi connectivity index (χ0n) is 13.3. The summed E-state index contributed by atoms with van der Waals surface area (Å²) in [6.07, 6.45) is 3.12. The summed E-state index contributed by atoms with van der Waals surface area (Å²) in [4.78, 5) is 4.76. The van der Waals surface area contributed by atoms with Gasteiger partial charge in [0, 0.05) is 29.4 Å². The average molecular weight is 288 g/mol. The van der Waals surface area contributed by atoms with Crippen LogP contribution in [0.5, 0.6) is 11.5 Å². The fourth-order valence-electron chi connectivity index (χ4n) is 2.39. The molecule has 1 aromatic heterocycles. The second kappa shape index (κ2) is 7.16. The molecule has 0 unspecified atom stereocenters. The molecule has 0 aliphatic carbocycles. The predicted octanol–water partition coefficient (Wildman–Crippen LogP) is 4.03. The maximum Gasteiger partial charge on any atom is 0.148 e. The first-order chi connectivity index (χ1) is 10.2. The molecule has 0 saturated carbocycles. The van der Waals surface area contributed by atoms with E-state index < -0.39 is 0 Å². The lowest BCUT2D eigenvalue weighted by Crippen LogP contribution is -2.03. The van der Waals surface area contributed by atoms with Gasteiger partial charge in [-0.1, -0.05) is 20.3 Å². The molecule has 4 heteroatoms. The number of aryl methyl sites for hydroxylation is 1. The van der Waals surface area contributed by atoms with Gasteiger partial charge in [-0.25, -0.2) is 4.98 Å². The van der Waals surface area contributed by atoms with E-state index in [2.05, 4.69) is 25.2 Å². The molecule has 1 N–H and O–H groups in total. The molecule has 114 valence electrons. The number of benzene rings is 1. The summed E-state index contributed by atoms with van der Waals surface area (Å²) in [7, 11) is 3.33. The molecule has 0 radical (unpaired) electrons. The molecule has 0 atom stereocenters. The molecule has 21 heavy (non-hydrogen) atoms. The Morgan fingerprint density at radius 1 is 1.05 bits per heavy atom. The second-order valence-electron chi connectivity index (χ2n) is 5.06. The van der Waals surface area contributed by atoms with E-state index >= 15 is 0 Å². The minimum absolute atomic E-state index is 0.752. The van der Waals surface area contributed by atoms with E-state index in [9.17, 15) is 0 Å². The lowest BCUT2D eigenvalue weighted by atomic mass is 10.1. The van der Waals surface area contributed by atoms with Crippen molar-refractivity contribution in [1.29, 1.82) is 0 Å². The van der Waals surface area contributed by atoms with Crippen molar-refractivity contribution < 1.29 is 9.47 Å². The lowest BCUT2D eigenvalue weighted by molar-refractivity contribution is 0.397. The van der Waals surface area contributed by atoms with Crippen molar-refractivity contribution in [3.05, 3.63) is 23.9 Å². The summed E-state index contributed by atoms with van der Waals surface area (Å²) < 4.78 is 10.9. The number of aromatic nitrogens is 1. The third-order valence-electron chi connectivity index (χ3n) is 3.43. The van der Waals surface area contributed by atoms with Gasteiger partial charge in [0.2, 0.25) is 0 Å². The molecule has 4 nitrogen and oxygen atoms in total. The van der Waals surface area contributed by atoms with Crippen LogP contribution in [0, 0.1) is 0 Å². The number of nitrogens with zero attached hydrogens (tertiary/aromatic N) is 1. The minimum Gasteiger partial charge on any atom is -0.497 e. The maximum absolute atomic E-state index is 5.49. The van der Waals surface area contributed by atoms with Crippen LogP contribution in [0.25, 0.3) is 10.9 Å². The Labute approximate surface area is 126 Å². The number of ether oxygens (including phenoxy) is 2. The molecule has 0 fully saturated rings. The van der Waals surface area contributed by atoms with E-state index in [0.717, 1.165) is 59.6 Å². The van der Waals surface area contributed by atoms with Crippen LogP contribution in [0.4, 0.5) is 5.69 Å². The Morgan fingerprint density at radius 3 is 2.48 bits per heavy atom. The number of nitrogens with one attached hydrogen (secondary N) is 1. The van der Waals surface area contributed by atoms with Crippen LogP contribution in [-0.4, -0.2) is 25.7 Å². The summed E-state index contributed by atoms with van der Waals surface area (Å²) in [5.74, 6) is 1.53. The van der Waals surface area contributed by atoms with Gasteiger partial charge < -0.3 is 14.8 Å². The zero-order chi connectivity index (χ0) is 15.2. The third kappa shape index (κ3) is 3.38. The van der Waals surface area contributed by atoms with E-state index in [-0.39, 0.29) is 0 Å². The molecule has 0 spiro atoms. The fourth-order valence-corrected chi connectivity index (χ4v) is 2.39. The van der Waals surface area contributed by atoms with Gasteiger partial charge in [0.1, 0.15) is 17.0 Å². The van der Waals surface area contributed by atoms with Crippen LogP contribution >= 0.6 is 0 Å². The highest BCUT2D eigenvalue weighted by Gasteiger charge is 2.12. The van der Waals surface area contributed by atoms with Crippen molar-refractivity contribution in [2.45, 2.75) is 33.1 Å². The number of methoxy groups -OCH3 is 2. The van der Waals surface area contributed by atoms with E-state index in [1.807, 2.05) is 12.1 Å². The lowest BCUT2D eigenvalue weighted by Gasteiger charge is -2.14. The van der Waals surface area contributed by atoms with Gasteiger partial charge in [0.25, 0.3) is 0 Å². The van der Waals surface area contributed by atoms with Crippen LogP contribution in [0.1, 0.15) is 32.4 Å². The molecular formula is C17H24N2O2. The Kier molecular flexibility index (Phi) is 5.26. The largest absolute Gasteiger partial charge is 0.497 e. The molecule has 0 amide bonds. The number of anilines is 1. The highest BCUT2D eigenvalue weighted by Crippen LogP contribution is 2.34. The first-order valence-electron chi connectivity index (χ1n) is 7.53. The Balaban J connectivity index is 2.64. The molecule has 2 aromatic rings. The standard InChI is InChI=1S/C17H24N2O2/c1-5-7-12-9-15(18-8-6-2)14-10-13(20-3)11-16(21-4)17(14)19-12/h9-11H,5-8H2,1-4H3,(H,18,19). The normalized spacial score (nSPS) is 10.7. The Morgan fingerprint density at radius 2 is 1.86 bits per heavy atom. The predicted molar refractivity (Wildman–Crippen MR) is 87.6 cm³/mol. The first kappa shape index (κ1) is 15.4. The number of hydrogen-bond acceptors (Lipinski definition) is 4. The number of hydrogen-bond donors (Lipinski definition) is 1. The quantitative estimate of drug-likeness (QED) is 0.835. The van der Waals surface area contributed by atoms with Crippen LogP contribution in [0.3, 0.4) is 0 Å². The van der Waals surface area contributed by atoms with E-state index in [0.29, 0.717) is 0 Å². The topological polar surface area (TPSA) is 43.4 Å². The van der Waals surface area contributed by atoms with Gasteiger partial charge in [0.15, 0.2) is 0 Å². The van der Waals surface area contributed by atoms with E-state index in [1.165, 1.54) is 0 Å². The highest BCUT2D eigenvalue weighted by molar-refractivity contribution is 5.96. The van der Waals surface area contributed by atoms with Gasteiger partial charge >= 0.3 is 0 Å². The highest BCUT2D eigenvalue weighted by atomic mass is 16.5. The summed E-state index contributed by atoms with van der Waals surface area (Å²) in [5, 5.41) is 4.53. The van der Waals surface area contributed by atoms with Crippen molar-refractivity contribution in [3.8, 4) is 11.5 Å². The van der Waals surface area contributed by atoms with Gasteiger partial charge in [0.05, 0.1) is 14.2 Å². The average Bonchev–Trinajstić information content (AvgIpc) is 2.52. The SMILES string of the molecule is CCCNc1cc(CCC)nc2c(OC)cc(OC)cc12. The Hall–Kier alpha value is -1.97. The van der Waals surface area contributed by atoms with Crippen molar-refractivity contribution in [2.75, 3.05) is 26.1 Å². The monoisotopic (exact) mass is 288 g/mol. The molecular weight excluding hydrogens is 264 g/mol. The van der Waals surface area contributed by atoms with Crippen LogP contribution < -0.4 is 14.8 Å². The van der Waals surface area contributed by atoms with Crippen LogP contribution in [0.15, 0.2) is 18.2 Å². The van der Waals surface area contributed by atoms with Gasteiger partial charge in [-0.15, -0.1) is 0 Å². The number of fused-ring (bicyclic) bond motifs is 1. The van der Waals surface area contributed by atoms with E-state index in [1.54, 1.807) is 14.2 Å². The van der Waals surface area contributed by atoms with Crippen molar-refractivity contribution in [2.24, 2.45) is 0 Å². The van der Waals surface area contributed by atoms with Crippen LogP contribution in [0.2, 0.25) is 0 Å². The summed E-state index contributed by atoms with van der Waals surface area (Å²) in [6.45, 7) is 5.25. The number of rotatable bonds is 7. The van der Waals surface area contributed by atoms with Gasteiger partial charge in [-0.2, -0.15) is 0 Å². The van der Waals surface area contributed by atoms with Crippen molar-refractivity contribution in [3.63, 3.8) is 0 Å². The number of pyridine rings is 1. The molecule has 0 saturated heterocycles. The van der Waals surface area contributed by atoms with Crippen LogP contribution in [-0.2, 0) is 6.42 Å². The molecule has 0 bridgehead atoms. The maximum atomic E-state index is 5.49. The Bertz CT molecular complexity index is 611. The smallest absolute Gasteiger partial charge is 0.148 e. The third-order valence-corrected chi connectivity index (χ3v) is 3.43. The first-order valence-corrected chi connectivity index (χ1v) is 7.53. The zero-order valence-corrected chi connectivity index (χ0v) is 13.3. The van der Waals surface area contributed by atoms with Gasteiger partial charge in [-0.05, 0) is 25.0 Å². The fraction of sp³-hybridized carbons (Fsp3) is 0.471. The molecule has 1 aromatic carbocycles. The summed E-state index contributed by atoms with van der Waals surface area (Å²) in [6, 6.07) is 6.04. The minimum atomic E-state index is 0.752. The second-order valence-corrected chi connectivity index (χ2v) is 5.06. The van der Waals surface area contributed by atoms with Crippen molar-refractivity contribution >= 4 is 16.6 Å². The van der Waals surface area contributed by atoms with E-state index in [4.69, 9.17) is 14.5 Å². The van der Waals surface area contributed by atoms with Gasteiger partial charge in [-0.3, -0.25) is 0 Å². The molecule has 0 aliphatic rings. The molecule has 0 aliphatic heterocycles. The molecule has 1 heterocycles. The van der Waals surface area contributed by atoms with Crippen molar-refractivity contribution in [1.82, 2.24) is 4.98 Å². The molecule has 2 rings (SSSR count). The summed E-state index contributed by atoms with van der Waals surface area (Å²) in [5.41, 5.74) is 3.08.